The van der Waals surface area contributed by atoms with Crippen LogP contribution in [0.5, 0.6) is 0 Å². The second-order valence-corrected chi connectivity index (χ2v) is 5.99. The molecule has 6 heteroatoms. The minimum atomic E-state index is -0.112. The van der Waals surface area contributed by atoms with Crippen LogP contribution in [0.4, 0.5) is 0 Å². The molecule has 0 bridgehead atoms. The molecule has 0 unspecified atom stereocenters. The summed E-state index contributed by atoms with van der Waals surface area (Å²) in [6.45, 7) is 0.988. The van der Waals surface area contributed by atoms with Gasteiger partial charge in [0.2, 0.25) is 0 Å². The molecule has 0 radical (unpaired) electrons. The van der Waals surface area contributed by atoms with Crippen molar-refractivity contribution >= 4 is 11.8 Å². The number of nitrogens with zero attached hydrogens (tertiary/aromatic N) is 3. The lowest BCUT2D eigenvalue weighted by molar-refractivity contribution is 0.0726. The summed E-state index contributed by atoms with van der Waals surface area (Å²) < 4.78 is 3.61. The number of hydrogen-bond acceptors (Lipinski definition) is 2. The SMILES string of the molecule is Cn1cccc1C(=O)NCCN(C(=O)c1cccn1C)C1CC1. The van der Waals surface area contributed by atoms with Crippen LogP contribution in [0.2, 0.25) is 0 Å². The molecule has 3 rings (SSSR count). The van der Waals surface area contributed by atoms with Crippen molar-refractivity contribution in [3.05, 3.63) is 48.0 Å². The highest BCUT2D eigenvalue weighted by Gasteiger charge is 2.33. The van der Waals surface area contributed by atoms with E-state index in [-0.39, 0.29) is 11.8 Å². The summed E-state index contributed by atoms with van der Waals surface area (Å²) in [5.74, 6) is -0.0762. The maximum absolute atomic E-state index is 12.7. The Morgan fingerprint density at radius 3 is 2.26 bits per heavy atom. The van der Waals surface area contributed by atoms with E-state index in [0.29, 0.717) is 30.5 Å². The highest BCUT2D eigenvalue weighted by Crippen LogP contribution is 2.27. The number of carbonyl (C=O) groups is 2. The molecule has 1 fully saturated rings. The number of nitrogens with one attached hydrogen (secondary N) is 1. The Kier molecular flexibility index (Phi) is 4.23. The van der Waals surface area contributed by atoms with Gasteiger partial charge in [0.1, 0.15) is 11.4 Å². The third kappa shape index (κ3) is 3.31. The first kappa shape index (κ1) is 15.4. The van der Waals surface area contributed by atoms with Gasteiger partial charge in [0, 0.05) is 45.6 Å². The predicted octanol–water partition coefficient (Wildman–Crippen LogP) is 1.40. The number of carbonyl (C=O) groups excluding carboxylic acids is 2. The third-order valence-electron chi connectivity index (χ3n) is 4.23. The molecular weight excluding hydrogens is 292 g/mol. The average molecular weight is 314 g/mol. The maximum atomic E-state index is 12.7. The molecule has 2 heterocycles. The molecule has 122 valence electrons. The molecule has 6 nitrogen and oxygen atoms in total. The minimum Gasteiger partial charge on any atom is -0.349 e. The van der Waals surface area contributed by atoms with E-state index in [1.54, 1.807) is 10.6 Å². The first-order valence-electron chi connectivity index (χ1n) is 7.90. The van der Waals surface area contributed by atoms with Crippen molar-refractivity contribution in [2.45, 2.75) is 18.9 Å². The van der Waals surface area contributed by atoms with Gasteiger partial charge >= 0.3 is 0 Å². The lowest BCUT2D eigenvalue weighted by Crippen LogP contribution is -2.40. The van der Waals surface area contributed by atoms with Crippen molar-refractivity contribution < 1.29 is 9.59 Å². The molecule has 1 saturated carbocycles. The molecule has 2 amide bonds. The Hall–Kier alpha value is -2.50. The van der Waals surface area contributed by atoms with Gasteiger partial charge in [0.25, 0.3) is 11.8 Å². The summed E-state index contributed by atoms with van der Waals surface area (Å²) in [4.78, 5) is 26.6. The number of amides is 2. The van der Waals surface area contributed by atoms with Gasteiger partial charge in [-0.05, 0) is 37.1 Å². The monoisotopic (exact) mass is 314 g/mol. The molecule has 0 spiro atoms. The van der Waals surface area contributed by atoms with Crippen molar-refractivity contribution in [2.75, 3.05) is 13.1 Å². The lowest BCUT2D eigenvalue weighted by Gasteiger charge is -2.23. The van der Waals surface area contributed by atoms with Crippen LogP contribution in [0.3, 0.4) is 0 Å². The van der Waals surface area contributed by atoms with Gasteiger partial charge in [-0.1, -0.05) is 0 Å². The van der Waals surface area contributed by atoms with Crippen molar-refractivity contribution in [3.8, 4) is 0 Å². The highest BCUT2D eigenvalue weighted by atomic mass is 16.2. The number of aromatic nitrogens is 2. The number of rotatable bonds is 6. The molecular formula is C17H22N4O2. The van der Waals surface area contributed by atoms with Gasteiger partial charge in [-0.2, -0.15) is 0 Å². The maximum Gasteiger partial charge on any atom is 0.270 e. The largest absolute Gasteiger partial charge is 0.349 e. The molecule has 2 aromatic rings. The fraction of sp³-hybridized carbons (Fsp3) is 0.412. The zero-order valence-corrected chi connectivity index (χ0v) is 13.5. The molecule has 0 atom stereocenters. The molecule has 0 aliphatic heterocycles. The minimum absolute atomic E-state index is 0.0353. The van der Waals surface area contributed by atoms with Crippen LogP contribution in [0, 0.1) is 0 Å². The van der Waals surface area contributed by atoms with Crippen LogP contribution < -0.4 is 5.32 Å². The second-order valence-electron chi connectivity index (χ2n) is 5.99. The van der Waals surface area contributed by atoms with E-state index in [0.717, 1.165) is 12.8 Å². The Morgan fingerprint density at radius 1 is 1.13 bits per heavy atom. The van der Waals surface area contributed by atoms with Gasteiger partial charge in [-0.25, -0.2) is 0 Å². The van der Waals surface area contributed by atoms with Crippen molar-refractivity contribution in [1.29, 1.82) is 0 Å². The number of hydrogen-bond donors (Lipinski definition) is 1. The smallest absolute Gasteiger partial charge is 0.270 e. The normalized spacial score (nSPS) is 13.8. The van der Waals surface area contributed by atoms with Crippen LogP contribution in [0.1, 0.15) is 33.8 Å². The average Bonchev–Trinajstić information content (AvgIpc) is 3.13. The van der Waals surface area contributed by atoms with Crippen molar-refractivity contribution in [1.82, 2.24) is 19.4 Å². The summed E-state index contributed by atoms with van der Waals surface area (Å²) in [5.41, 5.74) is 1.31. The highest BCUT2D eigenvalue weighted by molar-refractivity contribution is 5.94. The molecule has 0 aromatic carbocycles. The lowest BCUT2D eigenvalue weighted by atomic mass is 10.3. The molecule has 0 saturated heterocycles. The summed E-state index contributed by atoms with van der Waals surface area (Å²) in [6, 6.07) is 7.63. The van der Waals surface area contributed by atoms with Crippen LogP contribution in [-0.2, 0) is 14.1 Å². The first-order valence-corrected chi connectivity index (χ1v) is 7.90. The fourth-order valence-corrected chi connectivity index (χ4v) is 2.74. The first-order chi connectivity index (χ1) is 11.1. The molecule has 1 aliphatic carbocycles. The topological polar surface area (TPSA) is 59.3 Å². The van der Waals surface area contributed by atoms with Crippen LogP contribution >= 0.6 is 0 Å². The van der Waals surface area contributed by atoms with Gasteiger partial charge < -0.3 is 19.4 Å². The molecule has 1 aliphatic rings. The summed E-state index contributed by atoms with van der Waals surface area (Å²) in [5, 5.41) is 2.89. The van der Waals surface area contributed by atoms with Crippen molar-refractivity contribution in [3.63, 3.8) is 0 Å². The Labute approximate surface area is 135 Å². The van der Waals surface area contributed by atoms with E-state index in [2.05, 4.69) is 5.32 Å². The van der Waals surface area contributed by atoms with E-state index < -0.39 is 0 Å². The zero-order valence-electron chi connectivity index (χ0n) is 13.5. The Morgan fingerprint density at radius 2 is 1.74 bits per heavy atom. The molecule has 2 aromatic heterocycles. The fourth-order valence-electron chi connectivity index (χ4n) is 2.74. The Balaban J connectivity index is 1.58. The van der Waals surface area contributed by atoms with E-state index in [9.17, 15) is 9.59 Å². The quantitative estimate of drug-likeness (QED) is 0.876. The van der Waals surface area contributed by atoms with E-state index >= 15 is 0 Å². The summed E-state index contributed by atoms with van der Waals surface area (Å²) >= 11 is 0. The van der Waals surface area contributed by atoms with Gasteiger partial charge in [-0.3, -0.25) is 9.59 Å². The van der Waals surface area contributed by atoms with Gasteiger partial charge in [0.05, 0.1) is 0 Å². The predicted molar refractivity (Wildman–Crippen MR) is 87.2 cm³/mol. The van der Waals surface area contributed by atoms with Crippen molar-refractivity contribution in [2.24, 2.45) is 14.1 Å². The zero-order chi connectivity index (χ0) is 16.4. The van der Waals surface area contributed by atoms with Crippen LogP contribution in [0.25, 0.3) is 0 Å². The van der Waals surface area contributed by atoms with E-state index in [1.165, 1.54) is 0 Å². The summed E-state index contributed by atoms with van der Waals surface area (Å²) in [7, 11) is 3.71. The molecule has 1 N–H and O–H groups in total. The van der Waals surface area contributed by atoms with E-state index in [1.807, 2.05) is 54.2 Å². The van der Waals surface area contributed by atoms with Crippen LogP contribution in [-0.4, -0.2) is 45.0 Å². The van der Waals surface area contributed by atoms with E-state index in [4.69, 9.17) is 0 Å². The standard InChI is InChI=1S/C17H22N4O2/c1-19-10-3-5-14(19)16(22)18-9-12-21(13-7-8-13)17(23)15-6-4-11-20(15)2/h3-6,10-11,13H,7-9,12H2,1-2H3,(H,18,22). The van der Waals surface area contributed by atoms with Crippen LogP contribution in [0.15, 0.2) is 36.7 Å². The number of aryl methyl sites for hydroxylation is 2. The molecule has 23 heavy (non-hydrogen) atoms. The third-order valence-corrected chi connectivity index (χ3v) is 4.23. The summed E-state index contributed by atoms with van der Waals surface area (Å²) in [6.07, 6.45) is 5.80. The Bertz CT molecular complexity index is 712. The van der Waals surface area contributed by atoms with Gasteiger partial charge in [0.15, 0.2) is 0 Å². The second kappa shape index (κ2) is 6.32. The van der Waals surface area contributed by atoms with Gasteiger partial charge in [-0.15, -0.1) is 0 Å².